The number of thioether (sulfide) groups is 1. The summed E-state index contributed by atoms with van der Waals surface area (Å²) in [6.07, 6.45) is 2.90. The van der Waals surface area contributed by atoms with Crippen LogP contribution in [0.1, 0.15) is 34.3 Å². The van der Waals surface area contributed by atoms with E-state index in [1.54, 1.807) is 19.1 Å². The number of nitrogens with zero attached hydrogens (tertiary/aromatic N) is 3. The maximum Gasteiger partial charge on any atom is 0.267 e. The summed E-state index contributed by atoms with van der Waals surface area (Å²) < 4.78 is 12.4. The molecule has 4 heterocycles. The van der Waals surface area contributed by atoms with Gasteiger partial charge >= 0.3 is 0 Å². The predicted octanol–water partition coefficient (Wildman–Crippen LogP) is 0.803. The number of aromatic nitrogens is 2. The van der Waals surface area contributed by atoms with Crippen molar-refractivity contribution in [2.24, 2.45) is 0 Å². The summed E-state index contributed by atoms with van der Waals surface area (Å²) in [4.78, 5) is 46.2. The smallest absolute Gasteiger partial charge is 0.267 e. The molecule has 0 spiro atoms. The van der Waals surface area contributed by atoms with Crippen LogP contribution in [-0.2, 0) is 24.3 Å². The Bertz CT molecular complexity index is 1220. The third-order valence-electron chi connectivity index (χ3n) is 7.03. The van der Waals surface area contributed by atoms with E-state index in [-0.39, 0.29) is 17.0 Å². The highest BCUT2D eigenvalue weighted by atomic mass is 32.2. The second kappa shape index (κ2) is 9.54. The van der Waals surface area contributed by atoms with E-state index in [0.717, 1.165) is 16.9 Å². The van der Waals surface area contributed by atoms with Crippen molar-refractivity contribution in [3.05, 3.63) is 45.4 Å². The van der Waals surface area contributed by atoms with Crippen LogP contribution in [0, 0.1) is 0 Å². The standard InChI is InChI=1S/C24H29N5O5S/c1-33-18-11-15-3-8-28(14-16(15)12-19(18)34-2)22(32)24(4-6-25-7-5-24)27-20(30)17-13-26-23-29(21(17)31)9-10-35-23/h11-13,25H,3-10,14H2,1-2H3,(H,27,30). The van der Waals surface area contributed by atoms with Crippen LogP contribution >= 0.6 is 11.8 Å². The Morgan fingerprint density at radius 1 is 1.11 bits per heavy atom. The van der Waals surface area contributed by atoms with Gasteiger partial charge in [0, 0.05) is 31.6 Å². The van der Waals surface area contributed by atoms with E-state index in [1.165, 1.54) is 22.5 Å². The van der Waals surface area contributed by atoms with Gasteiger partial charge in [-0.15, -0.1) is 0 Å². The van der Waals surface area contributed by atoms with Crippen molar-refractivity contribution in [2.75, 3.05) is 39.6 Å². The number of fused-ring (bicyclic) bond motifs is 2. The van der Waals surface area contributed by atoms with Gasteiger partial charge in [0.15, 0.2) is 16.7 Å². The molecule has 1 aromatic carbocycles. The average molecular weight is 500 g/mol. The lowest BCUT2D eigenvalue weighted by Gasteiger charge is -2.42. The lowest BCUT2D eigenvalue weighted by molar-refractivity contribution is -0.140. The lowest BCUT2D eigenvalue weighted by atomic mass is 9.85. The SMILES string of the molecule is COc1cc2c(cc1OC)CN(C(=O)C1(NC(=O)c3cnc4n(c3=O)CCS4)CCNCC1)CC2. The first-order chi connectivity index (χ1) is 17.0. The molecule has 11 heteroatoms. The molecule has 0 atom stereocenters. The molecule has 0 unspecified atom stereocenters. The molecule has 0 saturated carbocycles. The van der Waals surface area contributed by atoms with Gasteiger partial charge in [0.05, 0.1) is 14.2 Å². The number of carbonyl (C=O) groups is 2. The number of methoxy groups -OCH3 is 2. The molecule has 2 N–H and O–H groups in total. The Balaban J connectivity index is 1.40. The monoisotopic (exact) mass is 499 g/mol. The molecule has 0 aliphatic carbocycles. The molecule has 2 amide bonds. The summed E-state index contributed by atoms with van der Waals surface area (Å²) in [7, 11) is 3.19. The molecule has 10 nitrogen and oxygen atoms in total. The highest BCUT2D eigenvalue weighted by Gasteiger charge is 2.44. The molecule has 3 aliphatic heterocycles. The summed E-state index contributed by atoms with van der Waals surface area (Å²) in [5.41, 5.74) is 0.646. The van der Waals surface area contributed by atoms with E-state index in [2.05, 4.69) is 15.6 Å². The van der Waals surface area contributed by atoms with Crippen LogP contribution < -0.4 is 25.7 Å². The van der Waals surface area contributed by atoms with Gasteiger partial charge in [0.25, 0.3) is 11.5 Å². The number of hydrogen-bond acceptors (Lipinski definition) is 8. The van der Waals surface area contributed by atoms with Gasteiger partial charge in [-0.2, -0.15) is 0 Å². The summed E-state index contributed by atoms with van der Waals surface area (Å²) in [6.45, 7) is 2.67. The van der Waals surface area contributed by atoms with Crippen molar-refractivity contribution in [3.8, 4) is 11.5 Å². The molecule has 5 rings (SSSR count). The Hall–Kier alpha value is -3.05. The van der Waals surface area contributed by atoms with Crippen LogP contribution in [-0.4, -0.2) is 71.4 Å². The molecule has 3 aliphatic rings. The number of rotatable bonds is 5. The molecule has 2 aromatic rings. The fraction of sp³-hybridized carbons (Fsp3) is 0.500. The van der Waals surface area contributed by atoms with E-state index in [9.17, 15) is 14.4 Å². The number of nitrogens with one attached hydrogen (secondary N) is 2. The summed E-state index contributed by atoms with van der Waals surface area (Å²) >= 11 is 1.49. The molecule has 0 radical (unpaired) electrons. The third-order valence-corrected chi connectivity index (χ3v) is 8.00. The van der Waals surface area contributed by atoms with Crippen LogP contribution in [0.3, 0.4) is 0 Å². The van der Waals surface area contributed by atoms with Crippen LogP contribution in [0.2, 0.25) is 0 Å². The molecule has 0 bridgehead atoms. The number of ether oxygens (including phenoxy) is 2. The van der Waals surface area contributed by atoms with Crippen LogP contribution in [0.15, 0.2) is 28.3 Å². The van der Waals surface area contributed by atoms with E-state index < -0.39 is 11.4 Å². The Labute approximate surface area is 207 Å². The highest BCUT2D eigenvalue weighted by molar-refractivity contribution is 7.99. The molecule has 1 saturated heterocycles. The van der Waals surface area contributed by atoms with Crippen molar-refractivity contribution >= 4 is 23.6 Å². The van der Waals surface area contributed by atoms with Crippen LogP contribution in [0.5, 0.6) is 11.5 Å². The van der Waals surface area contributed by atoms with Crippen molar-refractivity contribution in [1.29, 1.82) is 0 Å². The number of benzene rings is 1. The normalized spacial score (nSPS) is 18.4. The van der Waals surface area contributed by atoms with E-state index >= 15 is 0 Å². The fourth-order valence-corrected chi connectivity index (χ4v) is 5.98. The first kappa shape index (κ1) is 23.7. The minimum absolute atomic E-state index is 0.0252. The second-order valence-electron chi connectivity index (χ2n) is 9.00. The fourth-order valence-electron chi connectivity index (χ4n) is 5.06. The van der Waals surface area contributed by atoms with E-state index in [0.29, 0.717) is 68.6 Å². The summed E-state index contributed by atoms with van der Waals surface area (Å²) in [5.74, 6) is 1.37. The Kier molecular flexibility index (Phi) is 6.45. The molecule has 1 fully saturated rings. The zero-order chi connectivity index (χ0) is 24.6. The zero-order valence-corrected chi connectivity index (χ0v) is 20.7. The van der Waals surface area contributed by atoms with Crippen molar-refractivity contribution in [2.45, 2.75) is 43.0 Å². The molecular formula is C24H29N5O5S. The van der Waals surface area contributed by atoms with Gasteiger partial charge in [0.1, 0.15) is 11.1 Å². The second-order valence-corrected chi connectivity index (χ2v) is 10.1. The average Bonchev–Trinajstić information content (AvgIpc) is 3.37. The van der Waals surface area contributed by atoms with Crippen molar-refractivity contribution in [1.82, 2.24) is 25.1 Å². The minimum atomic E-state index is -1.08. The largest absolute Gasteiger partial charge is 0.493 e. The van der Waals surface area contributed by atoms with Gasteiger partial charge in [-0.25, -0.2) is 4.98 Å². The molecule has 1 aromatic heterocycles. The van der Waals surface area contributed by atoms with E-state index in [4.69, 9.17) is 9.47 Å². The van der Waals surface area contributed by atoms with Crippen molar-refractivity contribution < 1.29 is 19.1 Å². The van der Waals surface area contributed by atoms with Crippen LogP contribution in [0.4, 0.5) is 0 Å². The summed E-state index contributed by atoms with van der Waals surface area (Å²) in [6, 6.07) is 3.88. The Morgan fingerprint density at radius 2 is 1.83 bits per heavy atom. The third kappa shape index (κ3) is 4.27. The topological polar surface area (TPSA) is 115 Å². The number of amides is 2. The number of hydrogen-bond donors (Lipinski definition) is 2. The van der Waals surface area contributed by atoms with Crippen LogP contribution in [0.25, 0.3) is 0 Å². The first-order valence-corrected chi connectivity index (χ1v) is 12.7. The van der Waals surface area contributed by atoms with Gasteiger partial charge < -0.3 is 25.0 Å². The maximum absolute atomic E-state index is 13.9. The highest BCUT2D eigenvalue weighted by Crippen LogP contribution is 2.34. The molecule has 35 heavy (non-hydrogen) atoms. The Morgan fingerprint density at radius 3 is 2.54 bits per heavy atom. The maximum atomic E-state index is 13.9. The zero-order valence-electron chi connectivity index (χ0n) is 19.9. The first-order valence-electron chi connectivity index (χ1n) is 11.7. The molecule has 186 valence electrons. The summed E-state index contributed by atoms with van der Waals surface area (Å²) in [5, 5.41) is 6.86. The van der Waals surface area contributed by atoms with Gasteiger partial charge in [0.2, 0.25) is 5.91 Å². The predicted molar refractivity (Wildman–Crippen MR) is 130 cm³/mol. The number of piperidine rings is 1. The van der Waals surface area contributed by atoms with Gasteiger partial charge in [-0.1, -0.05) is 11.8 Å². The molecular weight excluding hydrogens is 470 g/mol. The van der Waals surface area contributed by atoms with Crippen molar-refractivity contribution in [3.63, 3.8) is 0 Å². The number of carbonyl (C=O) groups excluding carboxylic acids is 2. The minimum Gasteiger partial charge on any atom is -0.493 e. The quantitative estimate of drug-likeness (QED) is 0.581. The lowest BCUT2D eigenvalue weighted by Crippen LogP contribution is -2.64. The van der Waals surface area contributed by atoms with Gasteiger partial charge in [-0.3, -0.25) is 19.0 Å². The van der Waals surface area contributed by atoms with Gasteiger partial charge in [-0.05, 0) is 55.6 Å². The van der Waals surface area contributed by atoms with E-state index in [1.807, 2.05) is 12.1 Å².